The Bertz CT molecular complexity index is 674. The lowest BCUT2D eigenvalue weighted by molar-refractivity contribution is -0.187. The summed E-state index contributed by atoms with van der Waals surface area (Å²) in [6.07, 6.45) is -4.72. The number of nitrogens with one attached hydrogen (secondary N) is 1. The van der Waals surface area contributed by atoms with E-state index in [0.717, 1.165) is 4.90 Å². The van der Waals surface area contributed by atoms with Crippen LogP contribution in [0.25, 0.3) is 0 Å². The molecule has 1 fully saturated rings. The Morgan fingerprint density at radius 3 is 2.35 bits per heavy atom. The first-order valence-corrected chi connectivity index (χ1v) is 6.40. The molecule has 1 saturated heterocycles. The largest absolute Gasteiger partial charge is 0.481 e. The van der Waals surface area contributed by atoms with Gasteiger partial charge in [0.05, 0.1) is 11.8 Å². The van der Waals surface area contributed by atoms with Gasteiger partial charge in [-0.3, -0.25) is 14.4 Å². The van der Waals surface area contributed by atoms with Crippen LogP contribution in [0.15, 0.2) is 16.9 Å². The number of nitrogens with zero attached hydrogens (tertiary/aromatic N) is 1. The molecular weight excluding hydrogens is 341 g/mol. The van der Waals surface area contributed by atoms with Gasteiger partial charge in [0.1, 0.15) is 5.56 Å². The number of hydrogen-bond acceptors (Lipinski definition) is 3. The molecule has 1 amide bonds. The molecule has 10 heteroatoms. The van der Waals surface area contributed by atoms with Crippen molar-refractivity contribution in [1.29, 1.82) is 0 Å². The second kappa shape index (κ2) is 6.61. The van der Waals surface area contributed by atoms with Crippen molar-refractivity contribution in [2.75, 3.05) is 13.1 Å². The summed E-state index contributed by atoms with van der Waals surface area (Å²) in [6.45, 7) is 0.240. The smallest absolute Gasteiger partial charge is 0.394 e. The molecule has 2 rings (SSSR count). The lowest BCUT2D eigenvalue weighted by Crippen LogP contribution is -2.35. The third-order valence-electron chi connectivity index (χ3n) is 3.63. The molecule has 2 heterocycles. The molecule has 0 saturated carbocycles. The van der Waals surface area contributed by atoms with Crippen molar-refractivity contribution in [2.45, 2.75) is 13.1 Å². The summed E-state index contributed by atoms with van der Waals surface area (Å²) in [5.74, 6) is -6.39. The first kappa shape index (κ1) is 19.0. The molecule has 1 aliphatic heterocycles. The van der Waals surface area contributed by atoms with Crippen molar-refractivity contribution in [3.8, 4) is 0 Å². The van der Waals surface area contributed by atoms with Gasteiger partial charge in [-0.05, 0) is 19.1 Å². The summed E-state index contributed by atoms with van der Waals surface area (Å²) in [5, 5.41) is 8.90. The minimum atomic E-state index is -4.72. The Morgan fingerprint density at radius 1 is 1.30 bits per heavy atom. The van der Waals surface area contributed by atoms with Crippen molar-refractivity contribution in [1.82, 2.24) is 9.88 Å². The van der Waals surface area contributed by atoms with Crippen LogP contribution in [0.4, 0.5) is 13.2 Å². The van der Waals surface area contributed by atoms with E-state index in [1.54, 1.807) is 6.92 Å². The highest BCUT2D eigenvalue weighted by molar-refractivity contribution is 5.94. The van der Waals surface area contributed by atoms with Crippen LogP contribution in [-0.4, -0.2) is 46.1 Å². The normalized spacial score (nSPS) is 21.0. The number of pyridine rings is 1. The van der Waals surface area contributed by atoms with Crippen molar-refractivity contribution in [3.05, 3.63) is 33.7 Å². The lowest BCUT2D eigenvalue weighted by Gasteiger charge is -2.18. The molecule has 0 unspecified atom stereocenters. The number of carbonyl (C=O) groups excluding carboxylic acids is 1. The quantitative estimate of drug-likeness (QED) is 0.841. The highest BCUT2D eigenvalue weighted by Crippen LogP contribution is 2.38. The SMILES string of the molecule is Cc1ccc(C(=O)N2C[C@@H](C(F)(F)F)[C@H](C(=O)O)C2)c(=O)[nH]1.Cl. The van der Waals surface area contributed by atoms with Gasteiger partial charge in [0.15, 0.2) is 0 Å². The number of amides is 1. The fourth-order valence-corrected chi connectivity index (χ4v) is 2.46. The van der Waals surface area contributed by atoms with Crippen LogP contribution in [0.3, 0.4) is 0 Å². The number of hydrogen-bond donors (Lipinski definition) is 2. The molecule has 1 aromatic rings. The molecule has 2 N–H and O–H groups in total. The zero-order chi connectivity index (χ0) is 16.7. The Labute approximate surface area is 134 Å². The van der Waals surface area contributed by atoms with Gasteiger partial charge in [0.25, 0.3) is 11.5 Å². The zero-order valence-corrected chi connectivity index (χ0v) is 12.7. The molecule has 1 aromatic heterocycles. The van der Waals surface area contributed by atoms with Crippen molar-refractivity contribution in [3.63, 3.8) is 0 Å². The molecule has 0 aliphatic carbocycles. The molecule has 0 bridgehead atoms. The van der Waals surface area contributed by atoms with E-state index in [9.17, 15) is 27.6 Å². The standard InChI is InChI=1S/C13H13F3N2O4.ClH/c1-6-2-3-7(10(19)17-6)11(20)18-4-8(12(21)22)9(5-18)13(14,15)16;/h2-3,8-9H,4-5H2,1H3,(H,17,19)(H,21,22);1H/t8-,9-;/m1./s1. The summed E-state index contributed by atoms with van der Waals surface area (Å²) < 4.78 is 38.6. The predicted molar refractivity (Wildman–Crippen MR) is 75.6 cm³/mol. The number of rotatable bonds is 2. The van der Waals surface area contributed by atoms with Crippen molar-refractivity contribution in [2.24, 2.45) is 11.8 Å². The number of aryl methyl sites for hydroxylation is 1. The number of carboxylic acids is 1. The summed E-state index contributed by atoms with van der Waals surface area (Å²) in [5.41, 5.74) is -0.524. The summed E-state index contributed by atoms with van der Waals surface area (Å²) in [4.78, 5) is 38.0. The van der Waals surface area contributed by atoms with Crippen molar-refractivity contribution < 1.29 is 27.9 Å². The van der Waals surface area contributed by atoms with E-state index in [1.807, 2.05) is 0 Å². The molecule has 2 atom stereocenters. The maximum atomic E-state index is 12.9. The number of H-pyrrole nitrogens is 1. The number of aromatic nitrogens is 1. The van der Waals surface area contributed by atoms with E-state index in [0.29, 0.717) is 5.69 Å². The van der Waals surface area contributed by atoms with Gasteiger partial charge in [0.2, 0.25) is 0 Å². The van der Waals surface area contributed by atoms with Gasteiger partial charge in [-0.2, -0.15) is 13.2 Å². The molecule has 6 nitrogen and oxygen atoms in total. The average Bonchev–Trinajstić information content (AvgIpc) is 2.83. The van der Waals surface area contributed by atoms with Crippen LogP contribution in [0.5, 0.6) is 0 Å². The second-order valence-corrected chi connectivity index (χ2v) is 5.19. The minimum absolute atomic E-state index is 0. The van der Waals surface area contributed by atoms with E-state index in [1.165, 1.54) is 12.1 Å². The van der Waals surface area contributed by atoms with Gasteiger partial charge in [-0.15, -0.1) is 12.4 Å². The number of alkyl halides is 3. The van der Waals surface area contributed by atoms with Gasteiger partial charge >= 0.3 is 12.1 Å². The predicted octanol–water partition coefficient (Wildman–Crippen LogP) is 1.44. The van der Waals surface area contributed by atoms with Crippen molar-refractivity contribution >= 4 is 24.3 Å². The second-order valence-electron chi connectivity index (χ2n) is 5.19. The van der Waals surface area contributed by atoms with E-state index >= 15 is 0 Å². The number of carbonyl (C=O) groups is 2. The first-order chi connectivity index (χ1) is 10.1. The van der Waals surface area contributed by atoms with Gasteiger partial charge in [-0.1, -0.05) is 0 Å². The molecule has 0 aromatic carbocycles. The Kier molecular flexibility index (Phi) is 5.47. The maximum absolute atomic E-state index is 12.9. The average molecular weight is 355 g/mol. The van der Waals surface area contributed by atoms with Gasteiger partial charge in [0, 0.05) is 18.8 Å². The Morgan fingerprint density at radius 2 is 1.91 bits per heavy atom. The van der Waals surface area contributed by atoms with Crippen LogP contribution in [0.1, 0.15) is 16.1 Å². The fourth-order valence-electron chi connectivity index (χ4n) is 2.46. The van der Waals surface area contributed by atoms with Crippen LogP contribution in [0, 0.1) is 18.8 Å². The van der Waals surface area contributed by atoms with Crippen LogP contribution in [-0.2, 0) is 4.79 Å². The third kappa shape index (κ3) is 3.84. The molecule has 0 spiro atoms. The summed E-state index contributed by atoms with van der Waals surface area (Å²) in [7, 11) is 0. The Balaban J connectivity index is 0.00000264. The molecular formula is C13H14ClF3N2O4. The monoisotopic (exact) mass is 354 g/mol. The molecule has 1 aliphatic rings. The number of halogens is 4. The van der Waals surface area contributed by atoms with E-state index in [4.69, 9.17) is 5.11 Å². The van der Waals surface area contributed by atoms with Gasteiger partial charge < -0.3 is 15.0 Å². The van der Waals surface area contributed by atoms with Crippen LogP contribution >= 0.6 is 12.4 Å². The van der Waals surface area contributed by atoms with Crippen LogP contribution in [0.2, 0.25) is 0 Å². The number of carboxylic acid groups (broad SMARTS) is 1. The van der Waals surface area contributed by atoms with Gasteiger partial charge in [-0.25, -0.2) is 0 Å². The molecule has 0 radical (unpaired) electrons. The maximum Gasteiger partial charge on any atom is 0.394 e. The van der Waals surface area contributed by atoms with E-state index < -0.39 is 48.5 Å². The molecule has 23 heavy (non-hydrogen) atoms. The summed E-state index contributed by atoms with van der Waals surface area (Å²) >= 11 is 0. The van der Waals surface area contributed by atoms with E-state index in [-0.39, 0.29) is 18.0 Å². The lowest BCUT2D eigenvalue weighted by atomic mass is 9.96. The highest BCUT2D eigenvalue weighted by Gasteiger charge is 2.53. The number of likely N-dealkylation sites (tertiary alicyclic amines) is 1. The first-order valence-electron chi connectivity index (χ1n) is 6.40. The van der Waals surface area contributed by atoms with Crippen LogP contribution < -0.4 is 5.56 Å². The topological polar surface area (TPSA) is 90.5 Å². The zero-order valence-electron chi connectivity index (χ0n) is 11.9. The Hall–Kier alpha value is -2.03. The number of aromatic amines is 1. The third-order valence-corrected chi connectivity index (χ3v) is 3.63. The fraction of sp³-hybridized carbons (Fsp3) is 0.462. The molecule has 128 valence electrons. The minimum Gasteiger partial charge on any atom is -0.481 e. The number of aliphatic carboxylic acids is 1. The highest BCUT2D eigenvalue weighted by atomic mass is 35.5. The summed E-state index contributed by atoms with van der Waals surface area (Å²) in [6, 6.07) is 2.66. The van der Waals surface area contributed by atoms with E-state index in [2.05, 4.69) is 4.98 Å².